The number of imidazole rings is 1. The molecule has 0 atom stereocenters. The fraction of sp³-hybridized carbons (Fsp3) is 0.200. The molecule has 3 aromatic rings. The van der Waals surface area contributed by atoms with Gasteiger partial charge in [0.1, 0.15) is 16.3 Å². The van der Waals surface area contributed by atoms with Crippen LogP contribution >= 0.6 is 0 Å². The molecular formula is C20H23N3O5S. The lowest BCUT2D eigenvalue weighted by Crippen LogP contribution is -2.44. The fourth-order valence-corrected chi connectivity index (χ4v) is 3.93. The lowest BCUT2D eigenvalue weighted by atomic mass is 10.1. The summed E-state index contributed by atoms with van der Waals surface area (Å²) in [7, 11) is -2.97. The normalized spacial score (nSPS) is 10.8. The van der Waals surface area contributed by atoms with Crippen molar-refractivity contribution in [3.8, 4) is 11.4 Å². The van der Waals surface area contributed by atoms with Gasteiger partial charge in [-0.05, 0) is 56.2 Å². The largest absolute Gasteiger partial charge is 0.744 e. The number of hydrogen-bond donors (Lipinski definition) is 2. The van der Waals surface area contributed by atoms with Crippen molar-refractivity contribution in [1.29, 1.82) is 0 Å². The minimum absolute atomic E-state index is 0.0851. The quantitative estimate of drug-likeness (QED) is 0.290. The number of nitrogens with two attached hydrogens (primary N) is 1. The summed E-state index contributed by atoms with van der Waals surface area (Å²) in [5, 5.41) is 0. The van der Waals surface area contributed by atoms with Gasteiger partial charge < -0.3 is 9.29 Å². The van der Waals surface area contributed by atoms with Crippen LogP contribution in [0.2, 0.25) is 0 Å². The molecule has 0 bridgehead atoms. The summed E-state index contributed by atoms with van der Waals surface area (Å²) in [5.41, 5.74) is 3.42. The number of methoxy groups -OCH3 is 1. The number of nitrogen functional groups attached to an aromatic ring is 1. The highest BCUT2D eigenvalue weighted by Crippen LogP contribution is 2.20. The van der Waals surface area contributed by atoms with Gasteiger partial charge in [-0.2, -0.15) is 0 Å². The van der Waals surface area contributed by atoms with Crippen LogP contribution in [-0.4, -0.2) is 31.0 Å². The number of hydrogen-bond acceptors (Lipinski definition) is 6. The Balaban J connectivity index is 0.000000212. The van der Waals surface area contributed by atoms with E-state index in [4.69, 9.17) is 5.84 Å². The number of aromatic nitrogens is 2. The third-order valence-electron chi connectivity index (χ3n) is 4.15. The Labute approximate surface area is 169 Å². The van der Waals surface area contributed by atoms with Crippen molar-refractivity contribution in [2.45, 2.75) is 25.7 Å². The summed E-state index contributed by atoms with van der Waals surface area (Å²) in [4.78, 5) is 14.1. The Kier molecular flexibility index (Phi) is 6.78. The number of carbonyl (C=O) groups excluding carboxylic acids is 1. The average molecular weight is 417 g/mol. The first-order valence-electron chi connectivity index (χ1n) is 8.61. The number of aromatic amines is 1. The molecule has 0 amide bonds. The number of aryl methyl sites for hydroxylation is 3. The molecule has 0 aliphatic heterocycles. The van der Waals surface area contributed by atoms with E-state index in [0.29, 0.717) is 16.7 Å². The van der Waals surface area contributed by atoms with Gasteiger partial charge in [0.15, 0.2) is 6.20 Å². The molecule has 0 saturated heterocycles. The van der Waals surface area contributed by atoms with E-state index in [1.54, 1.807) is 62.6 Å². The molecule has 1 aromatic heterocycles. The zero-order valence-electron chi connectivity index (χ0n) is 16.6. The molecule has 0 saturated carbocycles. The monoisotopic (exact) mass is 417 g/mol. The summed E-state index contributed by atoms with van der Waals surface area (Å²) >= 11 is 0. The zero-order chi connectivity index (χ0) is 21.8. The van der Waals surface area contributed by atoms with Gasteiger partial charge in [-0.25, -0.2) is 18.2 Å². The fourth-order valence-electron chi connectivity index (χ4n) is 3.02. The van der Waals surface area contributed by atoms with E-state index < -0.39 is 10.1 Å². The van der Waals surface area contributed by atoms with Crippen molar-refractivity contribution in [1.82, 2.24) is 4.98 Å². The molecule has 29 heavy (non-hydrogen) atoms. The highest BCUT2D eigenvalue weighted by Gasteiger charge is 2.12. The first kappa shape index (κ1) is 22.1. The van der Waals surface area contributed by atoms with Crippen molar-refractivity contribution in [3.63, 3.8) is 0 Å². The van der Waals surface area contributed by atoms with Crippen LogP contribution in [0.15, 0.2) is 53.7 Å². The maximum Gasteiger partial charge on any atom is 0.337 e. The van der Waals surface area contributed by atoms with E-state index in [0.717, 1.165) is 17.0 Å². The third kappa shape index (κ3) is 5.43. The maximum atomic E-state index is 11.2. The molecule has 3 rings (SSSR count). The predicted octanol–water partition coefficient (Wildman–Crippen LogP) is 1.99. The van der Waals surface area contributed by atoms with Gasteiger partial charge in [0, 0.05) is 0 Å². The molecule has 3 N–H and O–H groups in total. The van der Waals surface area contributed by atoms with Gasteiger partial charge in [-0.15, -0.1) is 4.68 Å². The van der Waals surface area contributed by atoms with Gasteiger partial charge >= 0.3 is 11.8 Å². The van der Waals surface area contributed by atoms with E-state index >= 15 is 0 Å². The minimum Gasteiger partial charge on any atom is -0.744 e. The van der Waals surface area contributed by atoms with Gasteiger partial charge in [-0.3, -0.25) is 5.84 Å². The predicted molar refractivity (Wildman–Crippen MR) is 107 cm³/mol. The number of H-pyrrole nitrogens is 1. The molecule has 0 aliphatic carbocycles. The SMILES string of the molecule is COC(=O)c1ccc(-c2[nH]cc[n+]2N)cc1.Cc1cc(C)c(S(=O)(=O)[O-])c(C)c1. The second kappa shape index (κ2) is 8.89. The van der Waals surface area contributed by atoms with Gasteiger partial charge in [-0.1, -0.05) is 17.7 Å². The molecule has 0 spiro atoms. The van der Waals surface area contributed by atoms with Gasteiger partial charge in [0.25, 0.3) is 0 Å². The molecule has 154 valence electrons. The molecule has 8 nitrogen and oxygen atoms in total. The highest BCUT2D eigenvalue weighted by atomic mass is 32.2. The Hall–Kier alpha value is -3.17. The first-order valence-corrected chi connectivity index (χ1v) is 10.0. The number of nitrogens with one attached hydrogen (secondary N) is 1. The van der Waals surface area contributed by atoms with Crippen LogP contribution in [0.25, 0.3) is 11.4 Å². The number of benzene rings is 2. The van der Waals surface area contributed by atoms with Crippen LogP contribution in [0, 0.1) is 20.8 Å². The second-order valence-electron chi connectivity index (χ2n) is 6.47. The zero-order valence-corrected chi connectivity index (χ0v) is 17.4. The second-order valence-corrected chi connectivity index (χ2v) is 7.78. The van der Waals surface area contributed by atoms with Crippen LogP contribution in [0.5, 0.6) is 0 Å². The Bertz CT molecular complexity index is 1100. The molecule has 0 aliphatic rings. The number of carbonyl (C=O) groups is 1. The Morgan fingerprint density at radius 3 is 2.07 bits per heavy atom. The minimum atomic E-state index is -4.33. The van der Waals surface area contributed by atoms with Crippen LogP contribution in [0.1, 0.15) is 27.0 Å². The van der Waals surface area contributed by atoms with E-state index in [-0.39, 0.29) is 10.9 Å². The Morgan fingerprint density at radius 1 is 1.10 bits per heavy atom. The van der Waals surface area contributed by atoms with E-state index in [2.05, 4.69) is 9.72 Å². The van der Waals surface area contributed by atoms with Crippen molar-refractivity contribution < 1.29 is 27.2 Å². The molecule has 1 heterocycles. The number of ether oxygens (including phenoxy) is 1. The summed E-state index contributed by atoms with van der Waals surface area (Å²) in [6.07, 6.45) is 3.45. The third-order valence-corrected chi connectivity index (χ3v) is 5.29. The van der Waals surface area contributed by atoms with Crippen LogP contribution < -0.4 is 10.5 Å². The lowest BCUT2D eigenvalue weighted by Gasteiger charge is -2.14. The van der Waals surface area contributed by atoms with Gasteiger partial charge in [0.05, 0.1) is 23.1 Å². The van der Waals surface area contributed by atoms with Crippen molar-refractivity contribution in [2.24, 2.45) is 0 Å². The van der Waals surface area contributed by atoms with Crippen LogP contribution in [-0.2, 0) is 14.9 Å². The molecule has 0 unspecified atom stereocenters. The van der Waals surface area contributed by atoms with Crippen molar-refractivity contribution >= 4 is 16.1 Å². The number of nitrogens with zero attached hydrogens (tertiary/aromatic N) is 1. The lowest BCUT2D eigenvalue weighted by molar-refractivity contribution is -0.625. The molecule has 0 radical (unpaired) electrons. The molecule has 0 fully saturated rings. The Morgan fingerprint density at radius 2 is 1.66 bits per heavy atom. The van der Waals surface area contributed by atoms with E-state index in [9.17, 15) is 17.8 Å². The van der Waals surface area contributed by atoms with Crippen LogP contribution in [0.4, 0.5) is 0 Å². The van der Waals surface area contributed by atoms with Gasteiger partial charge in [0.2, 0.25) is 0 Å². The van der Waals surface area contributed by atoms with E-state index in [1.807, 2.05) is 6.92 Å². The summed E-state index contributed by atoms with van der Waals surface area (Å²) in [5.74, 6) is 6.12. The molecular weight excluding hydrogens is 394 g/mol. The first-order chi connectivity index (χ1) is 13.5. The smallest absolute Gasteiger partial charge is 0.337 e. The average Bonchev–Trinajstić information content (AvgIpc) is 3.05. The van der Waals surface area contributed by atoms with Crippen molar-refractivity contribution in [3.05, 3.63) is 71.0 Å². The number of esters is 1. The highest BCUT2D eigenvalue weighted by molar-refractivity contribution is 7.85. The standard InChI is InChI=1S/C11H11N3O2.C9H12O3S/c1-16-11(15)9-4-2-8(3-5-9)10-13-6-7-14(10)12;1-6-4-7(2)9(8(3)5-6)13(10,11)12/h2-7H,12H2,1H3;4-5H,1-3H3,(H,10,11,12). The van der Waals surface area contributed by atoms with Crippen LogP contribution in [0.3, 0.4) is 0 Å². The van der Waals surface area contributed by atoms with Crippen molar-refractivity contribution in [2.75, 3.05) is 13.0 Å². The van der Waals surface area contributed by atoms with E-state index in [1.165, 1.54) is 11.8 Å². The number of rotatable bonds is 3. The maximum absolute atomic E-state index is 11.2. The summed E-state index contributed by atoms with van der Waals surface area (Å²) in [6, 6.07) is 10.4. The molecule has 9 heteroatoms. The summed E-state index contributed by atoms with van der Waals surface area (Å²) < 4.78 is 38.6. The molecule has 2 aromatic carbocycles. The topological polar surface area (TPSA) is 129 Å². The summed E-state index contributed by atoms with van der Waals surface area (Å²) in [6.45, 7) is 5.12.